The maximum atomic E-state index is 12.2. The van der Waals surface area contributed by atoms with Crippen LogP contribution < -0.4 is 0 Å². The first kappa shape index (κ1) is 14.2. The van der Waals surface area contributed by atoms with Crippen molar-refractivity contribution in [1.29, 1.82) is 0 Å². The highest BCUT2D eigenvalue weighted by Crippen LogP contribution is 2.24. The predicted molar refractivity (Wildman–Crippen MR) is 86.1 cm³/mol. The number of H-pyrrole nitrogens is 1. The molecule has 2 atom stereocenters. The molecule has 0 saturated carbocycles. The summed E-state index contributed by atoms with van der Waals surface area (Å²) < 4.78 is 0. The van der Waals surface area contributed by atoms with Crippen molar-refractivity contribution in [3.8, 4) is 0 Å². The molecular formula is C18H24N2O. The van der Waals surface area contributed by atoms with Gasteiger partial charge in [0, 0.05) is 36.6 Å². The van der Waals surface area contributed by atoms with E-state index in [4.69, 9.17) is 0 Å². The van der Waals surface area contributed by atoms with Crippen molar-refractivity contribution < 1.29 is 4.79 Å². The van der Waals surface area contributed by atoms with Crippen molar-refractivity contribution in [2.24, 2.45) is 11.8 Å². The van der Waals surface area contributed by atoms with E-state index in [9.17, 15) is 4.79 Å². The Morgan fingerprint density at radius 3 is 2.71 bits per heavy atom. The van der Waals surface area contributed by atoms with Crippen LogP contribution in [0.2, 0.25) is 0 Å². The van der Waals surface area contributed by atoms with Gasteiger partial charge in [0.05, 0.1) is 0 Å². The molecule has 1 saturated heterocycles. The number of aryl methyl sites for hydroxylation is 1. The second-order valence-corrected chi connectivity index (χ2v) is 6.47. The molecule has 2 heterocycles. The van der Waals surface area contributed by atoms with Gasteiger partial charge in [-0.05, 0) is 36.3 Å². The second kappa shape index (κ2) is 5.92. The highest BCUT2D eigenvalue weighted by atomic mass is 16.2. The minimum Gasteiger partial charge on any atom is -0.361 e. The van der Waals surface area contributed by atoms with Gasteiger partial charge in [-0.2, -0.15) is 0 Å². The predicted octanol–water partition coefficient (Wildman–Crippen LogP) is 3.61. The fourth-order valence-corrected chi connectivity index (χ4v) is 3.26. The Labute approximate surface area is 126 Å². The molecule has 1 aliphatic rings. The van der Waals surface area contributed by atoms with Gasteiger partial charge in [-0.3, -0.25) is 4.79 Å². The minimum atomic E-state index is 0.325. The smallest absolute Gasteiger partial charge is 0.222 e. The minimum absolute atomic E-state index is 0.325. The van der Waals surface area contributed by atoms with Gasteiger partial charge in [-0.1, -0.05) is 32.0 Å². The van der Waals surface area contributed by atoms with Crippen molar-refractivity contribution in [3.05, 3.63) is 36.0 Å². The number of fused-ring (bicyclic) bond motifs is 1. The lowest BCUT2D eigenvalue weighted by molar-refractivity contribution is -0.130. The largest absolute Gasteiger partial charge is 0.361 e. The number of amides is 1. The summed E-state index contributed by atoms with van der Waals surface area (Å²) in [5.74, 6) is 1.61. The van der Waals surface area contributed by atoms with Gasteiger partial charge in [0.25, 0.3) is 0 Å². The van der Waals surface area contributed by atoms with Crippen molar-refractivity contribution in [3.63, 3.8) is 0 Å². The molecule has 1 aromatic carbocycles. The number of rotatable bonds is 4. The second-order valence-electron chi connectivity index (χ2n) is 6.47. The molecule has 1 fully saturated rings. The molecule has 2 unspecified atom stereocenters. The van der Waals surface area contributed by atoms with Crippen molar-refractivity contribution in [1.82, 2.24) is 9.88 Å². The Balaban J connectivity index is 1.53. The number of hydrogen-bond acceptors (Lipinski definition) is 1. The topological polar surface area (TPSA) is 36.1 Å². The first-order chi connectivity index (χ1) is 10.1. The Bertz CT molecular complexity index is 621. The van der Waals surface area contributed by atoms with Crippen LogP contribution in [0.15, 0.2) is 30.5 Å². The average molecular weight is 284 g/mol. The quantitative estimate of drug-likeness (QED) is 0.915. The molecule has 1 N–H and O–H groups in total. The van der Waals surface area contributed by atoms with E-state index in [1.165, 1.54) is 16.5 Å². The molecule has 1 aromatic heterocycles. The lowest BCUT2D eigenvalue weighted by Crippen LogP contribution is -2.28. The molecule has 1 amide bonds. The molecule has 3 nitrogen and oxygen atoms in total. The number of carbonyl (C=O) groups excluding carboxylic acids is 1. The third kappa shape index (κ3) is 2.97. The van der Waals surface area contributed by atoms with E-state index in [2.05, 4.69) is 43.2 Å². The van der Waals surface area contributed by atoms with E-state index in [-0.39, 0.29) is 0 Å². The molecule has 2 aromatic rings. The maximum absolute atomic E-state index is 12.2. The SMILES string of the molecule is CC1CN(C(=O)CCCc2c[nH]c3ccccc23)CC1C. The molecule has 0 bridgehead atoms. The standard InChI is InChI=1S/C18H24N2O/c1-13-11-20(12-14(13)2)18(21)9-5-6-15-10-19-17-8-4-3-7-16(15)17/h3-4,7-8,10,13-14,19H,5-6,9,11-12H2,1-2H3. The highest BCUT2D eigenvalue weighted by Gasteiger charge is 2.28. The number of benzene rings is 1. The molecule has 0 spiro atoms. The number of nitrogens with zero attached hydrogens (tertiary/aromatic N) is 1. The van der Waals surface area contributed by atoms with Crippen molar-refractivity contribution >= 4 is 16.8 Å². The molecule has 1 aliphatic heterocycles. The summed E-state index contributed by atoms with van der Waals surface area (Å²) in [5, 5.41) is 1.29. The van der Waals surface area contributed by atoms with Crippen LogP contribution in [-0.2, 0) is 11.2 Å². The summed E-state index contributed by atoms with van der Waals surface area (Å²) >= 11 is 0. The highest BCUT2D eigenvalue weighted by molar-refractivity contribution is 5.83. The van der Waals surface area contributed by atoms with E-state index >= 15 is 0 Å². The zero-order chi connectivity index (χ0) is 14.8. The molecule has 3 heteroatoms. The molecule has 0 aliphatic carbocycles. The Hall–Kier alpha value is -1.77. The van der Waals surface area contributed by atoms with Crippen LogP contribution in [-0.4, -0.2) is 28.9 Å². The molecule has 21 heavy (non-hydrogen) atoms. The average Bonchev–Trinajstić information content (AvgIpc) is 3.04. The van der Waals surface area contributed by atoms with Crippen LogP contribution in [0, 0.1) is 11.8 Å². The maximum Gasteiger partial charge on any atom is 0.222 e. The van der Waals surface area contributed by atoms with Crippen molar-refractivity contribution in [2.75, 3.05) is 13.1 Å². The number of nitrogens with one attached hydrogen (secondary N) is 1. The van der Waals surface area contributed by atoms with Gasteiger partial charge in [0.2, 0.25) is 5.91 Å². The van der Waals surface area contributed by atoms with E-state index < -0.39 is 0 Å². The van der Waals surface area contributed by atoms with Gasteiger partial charge < -0.3 is 9.88 Å². The van der Waals surface area contributed by atoms with E-state index in [1.54, 1.807) is 0 Å². The molecule has 112 valence electrons. The molecule has 0 radical (unpaired) electrons. The fourth-order valence-electron chi connectivity index (χ4n) is 3.26. The Morgan fingerprint density at radius 2 is 1.95 bits per heavy atom. The first-order valence-corrected chi connectivity index (χ1v) is 7.98. The van der Waals surface area contributed by atoms with Crippen LogP contribution in [0.4, 0.5) is 0 Å². The van der Waals surface area contributed by atoms with Crippen LogP contribution in [0.25, 0.3) is 10.9 Å². The van der Waals surface area contributed by atoms with Crippen LogP contribution >= 0.6 is 0 Å². The lowest BCUT2D eigenvalue weighted by Gasteiger charge is -2.15. The fraction of sp³-hybridized carbons (Fsp3) is 0.500. The number of aromatic nitrogens is 1. The third-order valence-corrected chi connectivity index (χ3v) is 4.85. The summed E-state index contributed by atoms with van der Waals surface area (Å²) in [6.07, 6.45) is 4.64. The number of likely N-dealkylation sites (tertiary alicyclic amines) is 1. The molecular weight excluding hydrogens is 260 g/mol. The number of carbonyl (C=O) groups is 1. The van der Waals surface area contributed by atoms with Gasteiger partial charge in [-0.25, -0.2) is 0 Å². The van der Waals surface area contributed by atoms with Crippen LogP contribution in [0.3, 0.4) is 0 Å². The summed E-state index contributed by atoms with van der Waals surface area (Å²) in [6.45, 7) is 6.36. The van der Waals surface area contributed by atoms with E-state index in [0.29, 0.717) is 24.2 Å². The van der Waals surface area contributed by atoms with Gasteiger partial charge in [-0.15, -0.1) is 0 Å². The van der Waals surface area contributed by atoms with Crippen LogP contribution in [0.5, 0.6) is 0 Å². The lowest BCUT2D eigenvalue weighted by atomic mass is 10.0. The monoisotopic (exact) mass is 284 g/mol. The summed E-state index contributed by atoms with van der Waals surface area (Å²) in [7, 11) is 0. The van der Waals surface area contributed by atoms with Gasteiger partial charge >= 0.3 is 0 Å². The summed E-state index contributed by atoms with van der Waals surface area (Å²) in [4.78, 5) is 17.6. The number of hydrogen-bond donors (Lipinski definition) is 1. The molecule has 3 rings (SSSR count). The van der Waals surface area contributed by atoms with Crippen molar-refractivity contribution in [2.45, 2.75) is 33.1 Å². The number of para-hydroxylation sites is 1. The Morgan fingerprint density at radius 1 is 1.24 bits per heavy atom. The first-order valence-electron chi connectivity index (χ1n) is 7.98. The normalized spacial score (nSPS) is 22.1. The summed E-state index contributed by atoms with van der Waals surface area (Å²) in [5.41, 5.74) is 2.50. The van der Waals surface area contributed by atoms with Crippen LogP contribution in [0.1, 0.15) is 32.3 Å². The Kier molecular flexibility index (Phi) is 4.00. The van der Waals surface area contributed by atoms with E-state index in [0.717, 1.165) is 25.9 Å². The van der Waals surface area contributed by atoms with Gasteiger partial charge in [0.1, 0.15) is 0 Å². The van der Waals surface area contributed by atoms with E-state index in [1.807, 2.05) is 11.0 Å². The third-order valence-electron chi connectivity index (χ3n) is 4.85. The zero-order valence-electron chi connectivity index (χ0n) is 12.9. The zero-order valence-corrected chi connectivity index (χ0v) is 12.9. The summed E-state index contributed by atoms with van der Waals surface area (Å²) in [6, 6.07) is 8.35. The van der Waals surface area contributed by atoms with Gasteiger partial charge in [0.15, 0.2) is 0 Å². The number of aromatic amines is 1.